The number of hydrogen-bond acceptors (Lipinski definition) is 6. The Hall–Kier alpha value is -3.16. The van der Waals surface area contributed by atoms with Gasteiger partial charge in [0, 0.05) is 12.4 Å². The first-order valence-corrected chi connectivity index (χ1v) is 5.83. The molecule has 4 N–H and O–H groups in total. The molecule has 0 atom stereocenters. The molecule has 0 aliphatic carbocycles. The average molecular weight is 270 g/mol. The molecule has 2 rings (SSSR count). The van der Waals surface area contributed by atoms with Crippen LogP contribution in [0.3, 0.4) is 0 Å². The van der Waals surface area contributed by atoms with E-state index in [1.807, 2.05) is 36.4 Å². The maximum Gasteiger partial charge on any atom is 0.146 e. The fourth-order valence-corrected chi connectivity index (χ4v) is 1.19. The zero-order valence-electron chi connectivity index (χ0n) is 10.6. The Morgan fingerprint density at radius 3 is 1.65 bits per heavy atom. The summed E-state index contributed by atoms with van der Waals surface area (Å²) in [5.41, 5.74) is 10.9. The van der Waals surface area contributed by atoms with Crippen molar-refractivity contribution in [1.82, 2.24) is 20.8 Å². The van der Waals surface area contributed by atoms with E-state index in [4.69, 9.17) is 0 Å². The van der Waals surface area contributed by atoms with Gasteiger partial charge in [-0.2, -0.15) is 10.2 Å². The molecule has 8 nitrogen and oxygen atoms in total. The summed E-state index contributed by atoms with van der Waals surface area (Å²) < 4.78 is 0. The first-order valence-electron chi connectivity index (χ1n) is 5.83. The van der Waals surface area contributed by atoms with Crippen molar-refractivity contribution in [3.8, 4) is 0 Å². The number of hydrazine groups is 1. The van der Waals surface area contributed by atoms with E-state index in [1.54, 1.807) is 12.4 Å². The van der Waals surface area contributed by atoms with Gasteiger partial charge in [0.05, 0.1) is 0 Å². The van der Waals surface area contributed by atoms with Gasteiger partial charge in [0.25, 0.3) is 0 Å². The highest BCUT2D eigenvalue weighted by molar-refractivity contribution is 5.62. The van der Waals surface area contributed by atoms with E-state index in [-0.39, 0.29) is 0 Å². The standard InChI is InChI=1S/C12H14N8/c1-3-7-13-11(5-1)19-17-9-15-16-10-18-20-12-6-2-4-8-14-12/h1-10H,(H,13,19)(H,14,20)(H,15,17)(H,16,18). The Morgan fingerprint density at radius 1 is 0.750 bits per heavy atom. The Kier molecular flexibility index (Phi) is 5.33. The first kappa shape index (κ1) is 13.3. The highest BCUT2D eigenvalue weighted by Gasteiger charge is 1.85. The molecule has 2 aromatic rings. The van der Waals surface area contributed by atoms with Crippen LogP contribution in [0.15, 0.2) is 59.0 Å². The molecule has 0 fully saturated rings. The molecule has 0 aliphatic rings. The van der Waals surface area contributed by atoms with Crippen LogP contribution in [-0.4, -0.2) is 22.6 Å². The van der Waals surface area contributed by atoms with Crippen LogP contribution in [0.25, 0.3) is 0 Å². The number of hydrazone groups is 2. The zero-order valence-corrected chi connectivity index (χ0v) is 10.6. The lowest BCUT2D eigenvalue weighted by molar-refractivity contribution is 0.894. The number of anilines is 2. The predicted octanol–water partition coefficient (Wildman–Crippen LogP) is 0.981. The minimum Gasteiger partial charge on any atom is -0.288 e. The van der Waals surface area contributed by atoms with Crippen molar-refractivity contribution in [2.45, 2.75) is 0 Å². The van der Waals surface area contributed by atoms with Gasteiger partial charge in [-0.05, 0) is 24.3 Å². The number of hydrogen-bond donors (Lipinski definition) is 4. The second kappa shape index (κ2) is 8.03. The highest BCUT2D eigenvalue weighted by Crippen LogP contribution is 1.98. The highest BCUT2D eigenvalue weighted by atomic mass is 15.4. The predicted molar refractivity (Wildman–Crippen MR) is 79.0 cm³/mol. The van der Waals surface area contributed by atoms with Crippen molar-refractivity contribution >= 4 is 24.3 Å². The van der Waals surface area contributed by atoms with Crippen molar-refractivity contribution < 1.29 is 0 Å². The van der Waals surface area contributed by atoms with Gasteiger partial charge in [0.2, 0.25) is 0 Å². The van der Waals surface area contributed by atoms with Crippen LogP contribution in [0.4, 0.5) is 11.6 Å². The summed E-state index contributed by atoms with van der Waals surface area (Å²) in [5.74, 6) is 1.33. The van der Waals surface area contributed by atoms with Crippen molar-refractivity contribution in [1.29, 1.82) is 0 Å². The van der Waals surface area contributed by atoms with Gasteiger partial charge in [0.1, 0.15) is 24.3 Å². The summed E-state index contributed by atoms with van der Waals surface area (Å²) in [4.78, 5) is 8.09. The second-order valence-electron chi connectivity index (χ2n) is 3.46. The van der Waals surface area contributed by atoms with Crippen molar-refractivity contribution in [3.63, 3.8) is 0 Å². The molecule has 0 aromatic carbocycles. The van der Waals surface area contributed by atoms with Crippen LogP contribution >= 0.6 is 0 Å². The van der Waals surface area contributed by atoms with E-state index in [2.05, 4.69) is 41.9 Å². The third-order valence-electron chi connectivity index (χ3n) is 2.03. The normalized spacial score (nSPS) is 10.6. The van der Waals surface area contributed by atoms with Crippen molar-refractivity contribution in [2.75, 3.05) is 10.9 Å². The summed E-state index contributed by atoms with van der Waals surface area (Å²) in [6, 6.07) is 11.0. The Labute approximate surface area is 116 Å². The lowest BCUT2D eigenvalue weighted by Gasteiger charge is -2.00. The van der Waals surface area contributed by atoms with Gasteiger partial charge in [-0.25, -0.2) is 9.97 Å². The van der Waals surface area contributed by atoms with E-state index in [0.29, 0.717) is 11.6 Å². The average Bonchev–Trinajstić information content (AvgIpc) is 2.52. The van der Waals surface area contributed by atoms with Gasteiger partial charge in [-0.3, -0.25) is 21.7 Å². The second-order valence-corrected chi connectivity index (χ2v) is 3.46. The molecule has 0 unspecified atom stereocenters. The molecule has 102 valence electrons. The molecular weight excluding hydrogens is 256 g/mol. The zero-order chi connectivity index (χ0) is 13.9. The topological polar surface area (TPSA) is 98.6 Å². The number of aromatic nitrogens is 2. The number of nitrogens with one attached hydrogen (secondary N) is 4. The Balaban J connectivity index is 1.59. The SMILES string of the molecule is C(=N\Nc1ccccn1)/NN/C=N/Nc1ccccn1. The first-order chi connectivity index (χ1) is 9.95. The van der Waals surface area contributed by atoms with E-state index in [9.17, 15) is 0 Å². The van der Waals surface area contributed by atoms with Crippen LogP contribution in [0.5, 0.6) is 0 Å². The van der Waals surface area contributed by atoms with Crippen LogP contribution in [-0.2, 0) is 0 Å². The quantitative estimate of drug-likeness (QED) is 0.259. The minimum absolute atomic E-state index is 0.663. The summed E-state index contributed by atoms with van der Waals surface area (Å²) in [6.07, 6.45) is 6.22. The third-order valence-corrected chi connectivity index (χ3v) is 2.03. The molecule has 0 saturated heterocycles. The Bertz CT molecular complexity index is 488. The van der Waals surface area contributed by atoms with E-state index in [1.165, 1.54) is 12.7 Å². The lowest BCUT2D eigenvalue weighted by Crippen LogP contribution is -2.29. The fraction of sp³-hybridized carbons (Fsp3) is 0. The van der Waals surface area contributed by atoms with Crippen LogP contribution < -0.4 is 21.7 Å². The molecule has 0 saturated carbocycles. The number of nitrogens with zero attached hydrogens (tertiary/aromatic N) is 4. The van der Waals surface area contributed by atoms with Crippen LogP contribution in [0, 0.1) is 0 Å². The summed E-state index contributed by atoms with van der Waals surface area (Å²) in [6.45, 7) is 0. The van der Waals surface area contributed by atoms with Gasteiger partial charge < -0.3 is 0 Å². The van der Waals surface area contributed by atoms with E-state index < -0.39 is 0 Å². The van der Waals surface area contributed by atoms with Crippen LogP contribution in [0.1, 0.15) is 0 Å². The molecule has 20 heavy (non-hydrogen) atoms. The maximum atomic E-state index is 4.04. The van der Waals surface area contributed by atoms with Gasteiger partial charge >= 0.3 is 0 Å². The summed E-state index contributed by atoms with van der Waals surface area (Å²) in [5, 5.41) is 7.78. The maximum absolute atomic E-state index is 4.04. The van der Waals surface area contributed by atoms with Gasteiger partial charge in [-0.15, -0.1) is 0 Å². The largest absolute Gasteiger partial charge is 0.288 e. The fourth-order valence-electron chi connectivity index (χ4n) is 1.19. The smallest absolute Gasteiger partial charge is 0.146 e. The van der Waals surface area contributed by atoms with Crippen molar-refractivity contribution in [3.05, 3.63) is 48.8 Å². The molecule has 8 heteroatoms. The van der Waals surface area contributed by atoms with Gasteiger partial charge in [0.15, 0.2) is 0 Å². The number of pyridine rings is 2. The number of rotatable bonds is 7. The molecule has 2 aromatic heterocycles. The molecule has 0 bridgehead atoms. The Morgan fingerprint density at radius 2 is 1.25 bits per heavy atom. The lowest BCUT2D eigenvalue weighted by atomic mass is 10.5. The van der Waals surface area contributed by atoms with E-state index >= 15 is 0 Å². The van der Waals surface area contributed by atoms with Crippen LogP contribution in [0.2, 0.25) is 0 Å². The molecule has 0 amide bonds. The van der Waals surface area contributed by atoms with E-state index in [0.717, 1.165) is 0 Å². The summed E-state index contributed by atoms with van der Waals surface area (Å²) >= 11 is 0. The molecule has 0 aliphatic heterocycles. The third kappa shape index (κ3) is 5.00. The molecular formula is C12H14N8. The minimum atomic E-state index is 0.663. The molecule has 0 radical (unpaired) electrons. The molecule has 0 spiro atoms. The summed E-state index contributed by atoms with van der Waals surface area (Å²) in [7, 11) is 0. The molecule has 2 heterocycles. The monoisotopic (exact) mass is 270 g/mol. The van der Waals surface area contributed by atoms with Crippen molar-refractivity contribution in [2.24, 2.45) is 10.2 Å². The van der Waals surface area contributed by atoms with Gasteiger partial charge in [-0.1, -0.05) is 12.1 Å².